The van der Waals surface area contributed by atoms with Crippen LogP contribution in [0.3, 0.4) is 0 Å². The van der Waals surface area contributed by atoms with E-state index in [1.54, 1.807) is 0 Å². The van der Waals surface area contributed by atoms with E-state index in [1.165, 1.54) is 19.3 Å². The van der Waals surface area contributed by atoms with Crippen molar-refractivity contribution in [1.29, 1.82) is 0 Å². The summed E-state index contributed by atoms with van der Waals surface area (Å²) >= 11 is 0. The number of halogens is 1. The molecule has 1 aromatic heterocycles. The number of aliphatic hydroxyl groups is 1. The first kappa shape index (κ1) is 16.0. The molecule has 0 saturated heterocycles. The first-order chi connectivity index (χ1) is 11.0. The Hall–Kier alpha value is -1.92. The molecule has 1 fully saturated rings. The van der Waals surface area contributed by atoms with Crippen LogP contribution in [-0.4, -0.2) is 16.8 Å². The van der Waals surface area contributed by atoms with Crippen molar-refractivity contribution >= 4 is 11.0 Å². The van der Waals surface area contributed by atoms with E-state index in [4.69, 9.17) is 4.42 Å². The highest BCUT2D eigenvalue weighted by molar-refractivity contribution is 5.78. The fourth-order valence-corrected chi connectivity index (χ4v) is 3.09. The lowest BCUT2D eigenvalue weighted by atomic mass is 9.89. The van der Waals surface area contributed by atoms with Crippen LogP contribution in [0.1, 0.15) is 44.1 Å². The van der Waals surface area contributed by atoms with Crippen molar-refractivity contribution < 1.29 is 19.0 Å². The summed E-state index contributed by atoms with van der Waals surface area (Å²) in [5.41, 5.74) is -0.434. The molecular formula is C17H20FNO4. The summed E-state index contributed by atoms with van der Waals surface area (Å²) in [5.74, 6) is -0.917. The molecule has 1 atom stereocenters. The van der Waals surface area contributed by atoms with Crippen molar-refractivity contribution in [3.8, 4) is 5.75 Å². The zero-order valence-electron chi connectivity index (χ0n) is 12.7. The van der Waals surface area contributed by atoms with Gasteiger partial charge >= 0.3 is 0 Å². The van der Waals surface area contributed by atoms with Gasteiger partial charge in [0.2, 0.25) is 0 Å². The van der Waals surface area contributed by atoms with Gasteiger partial charge in [0.15, 0.2) is 29.0 Å². The van der Waals surface area contributed by atoms with E-state index in [0.717, 1.165) is 31.0 Å². The lowest BCUT2D eigenvalue weighted by molar-refractivity contribution is 0.105. The molecule has 1 unspecified atom stereocenters. The Morgan fingerprint density at radius 2 is 2.00 bits per heavy atom. The number of hydrogen-bond donors (Lipinski definition) is 3. The van der Waals surface area contributed by atoms with E-state index in [9.17, 15) is 19.4 Å². The smallest absolute Gasteiger partial charge is 0.193 e. The SMILES string of the molecule is O=c1cc(C(O)NCC2CCCCC2)oc2cc(F)c(O)cc12. The van der Waals surface area contributed by atoms with E-state index in [2.05, 4.69) is 5.32 Å². The zero-order chi connectivity index (χ0) is 16.4. The van der Waals surface area contributed by atoms with E-state index < -0.39 is 23.2 Å². The van der Waals surface area contributed by atoms with Crippen LogP contribution in [0.2, 0.25) is 0 Å². The average Bonchev–Trinajstić information content (AvgIpc) is 2.55. The number of aliphatic hydroxyl groups excluding tert-OH is 1. The molecule has 124 valence electrons. The van der Waals surface area contributed by atoms with Gasteiger partial charge < -0.3 is 14.6 Å². The first-order valence-electron chi connectivity index (χ1n) is 7.92. The summed E-state index contributed by atoms with van der Waals surface area (Å²) < 4.78 is 18.8. The molecule has 1 aromatic carbocycles. The van der Waals surface area contributed by atoms with Crippen LogP contribution in [0.4, 0.5) is 4.39 Å². The molecular weight excluding hydrogens is 301 g/mol. The molecule has 1 aliphatic carbocycles. The van der Waals surface area contributed by atoms with Crippen LogP contribution in [0.5, 0.6) is 5.75 Å². The fraction of sp³-hybridized carbons (Fsp3) is 0.471. The van der Waals surface area contributed by atoms with E-state index >= 15 is 0 Å². The van der Waals surface area contributed by atoms with Gasteiger partial charge in [-0.25, -0.2) is 4.39 Å². The molecule has 3 N–H and O–H groups in total. The molecule has 0 radical (unpaired) electrons. The number of nitrogens with one attached hydrogen (secondary N) is 1. The summed E-state index contributed by atoms with van der Waals surface area (Å²) in [4.78, 5) is 12.0. The summed E-state index contributed by atoms with van der Waals surface area (Å²) in [6, 6.07) is 3.14. The normalized spacial score (nSPS) is 17.5. The Morgan fingerprint density at radius 1 is 1.26 bits per heavy atom. The predicted octanol–water partition coefficient (Wildman–Crippen LogP) is 2.80. The third kappa shape index (κ3) is 3.54. The van der Waals surface area contributed by atoms with Crippen LogP contribution in [0.25, 0.3) is 11.0 Å². The highest BCUT2D eigenvalue weighted by Gasteiger charge is 2.18. The van der Waals surface area contributed by atoms with Crippen molar-refractivity contribution in [2.45, 2.75) is 38.3 Å². The average molecular weight is 321 g/mol. The van der Waals surface area contributed by atoms with Crippen LogP contribution in [0.15, 0.2) is 27.4 Å². The minimum Gasteiger partial charge on any atom is -0.505 e. The lowest BCUT2D eigenvalue weighted by Crippen LogP contribution is -2.28. The number of phenols is 1. The highest BCUT2D eigenvalue weighted by Crippen LogP contribution is 2.25. The molecule has 0 amide bonds. The van der Waals surface area contributed by atoms with Gasteiger partial charge in [0.25, 0.3) is 0 Å². The number of rotatable bonds is 4. The minimum absolute atomic E-state index is 0.00122. The van der Waals surface area contributed by atoms with Crippen LogP contribution >= 0.6 is 0 Å². The molecule has 6 heteroatoms. The summed E-state index contributed by atoms with van der Waals surface area (Å²) in [6.45, 7) is 0.646. The Labute approximate surface area is 132 Å². The maximum Gasteiger partial charge on any atom is 0.193 e. The quantitative estimate of drug-likeness (QED) is 0.754. The maximum atomic E-state index is 13.4. The van der Waals surface area contributed by atoms with E-state index in [-0.39, 0.29) is 16.7 Å². The molecule has 0 aliphatic heterocycles. The van der Waals surface area contributed by atoms with Crippen LogP contribution in [-0.2, 0) is 0 Å². The van der Waals surface area contributed by atoms with Gasteiger partial charge in [-0.15, -0.1) is 0 Å². The van der Waals surface area contributed by atoms with E-state index in [0.29, 0.717) is 12.5 Å². The van der Waals surface area contributed by atoms with E-state index in [1.807, 2.05) is 0 Å². The third-order valence-electron chi connectivity index (χ3n) is 4.41. The molecule has 0 spiro atoms. The van der Waals surface area contributed by atoms with Crippen molar-refractivity contribution in [3.05, 3.63) is 40.0 Å². The van der Waals surface area contributed by atoms with Crippen molar-refractivity contribution in [2.24, 2.45) is 5.92 Å². The highest BCUT2D eigenvalue weighted by atomic mass is 19.1. The summed E-state index contributed by atoms with van der Waals surface area (Å²) in [7, 11) is 0. The molecule has 23 heavy (non-hydrogen) atoms. The van der Waals surface area contributed by atoms with Crippen molar-refractivity contribution in [2.75, 3.05) is 6.54 Å². The summed E-state index contributed by atoms with van der Waals surface area (Å²) in [5, 5.41) is 22.5. The predicted molar refractivity (Wildman–Crippen MR) is 83.6 cm³/mol. The van der Waals surface area contributed by atoms with Crippen LogP contribution < -0.4 is 10.7 Å². The minimum atomic E-state index is -1.12. The molecule has 0 bridgehead atoms. The molecule has 1 aliphatic rings. The Kier molecular flexibility index (Phi) is 4.63. The Morgan fingerprint density at radius 3 is 2.74 bits per heavy atom. The lowest BCUT2D eigenvalue weighted by Gasteiger charge is -2.23. The second-order valence-corrected chi connectivity index (χ2v) is 6.13. The van der Waals surface area contributed by atoms with Crippen molar-refractivity contribution in [1.82, 2.24) is 5.32 Å². The third-order valence-corrected chi connectivity index (χ3v) is 4.41. The van der Waals surface area contributed by atoms with Gasteiger partial charge in [-0.3, -0.25) is 10.1 Å². The second-order valence-electron chi connectivity index (χ2n) is 6.13. The molecule has 5 nitrogen and oxygen atoms in total. The van der Waals surface area contributed by atoms with Gasteiger partial charge in [0.1, 0.15) is 5.58 Å². The maximum absolute atomic E-state index is 13.4. The Balaban J connectivity index is 1.78. The molecule has 2 aromatic rings. The molecule has 1 heterocycles. The van der Waals surface area contributed by atoms with Crippen molar-refractivity contribution in [3.63, 3.8) is 0 Å². The standard InChI is InChI=1S/C17H20FNO4/c18-12-7-15-11(6-14(12)21)13(20)8-16(23-15)17(22)19-9-10-4-2-1-3-5-10/h6-8,10,17,19,21-22H,1-5,9H2. The van der Waals surface area contributed by atoms with Gasteiger partial charge in [0.05, 0.1) is 5.39 Å². The molecule has 1 saturated carbocycles. The van der Waals surface area contributed by atoms with Gasteiger partial charge in [-0.05, 0) is 24.8 Å². The van der Waals surface area contributed by atoms with Crippen LogP contribution in [0, 0.1) is 11.7 Å². The number of phenolic OH excluding ortho intramolecular Hbond substituents is 1. The summed E-state index contributed by atoms with van der Waals surface area (Å²) in [6.07, 6.45) is 4.81. The Bertz CT molecular complexity index is 752. The molecule has 3 rings (SSSR count). The monoisotopic (exact) mass is 321 g/mol. The number of hydrogen-bond acceptors (Lipinski definition) is 5. The number of fused-ring (bicyclic) bond motifs is 1. The fourth-order valence-electron chi connectivity index (χ4n) is 3.09. The van der Waals surface area contributed by atoms with Gasteiger partial charge in [-0.2, -0.15) is 0 Å². The van der Waals surface area contributed by atoms with Gasteiger partial charge in [-0.1, -0.05) is 19.3 Å². The first-order valence-corrected chi connectivity index (χ1v) is 7.92. The van der Waals surface area contributed by atoms with Gasteiger partial charge in [0, 0.05) is 18.7 Å². The number of benzene rings is 1. The topological polar surface area (TPSA) is 82.7 Å². The zero-order valence-corrected chi connectivity index (χ0v) is 12.7. The number of aromatic hydroxyl groups is 1. The second kappa shape index (κ2) is 6.68. The largest absolute Gasteiger partial charge is 0.505 e.